The van der Waals surface area contributed by atoms with Gasteiger partial charge in [0, 0.05) is 9.50 Å². The molecule has 0 heterocycles. The second-order valence-corrected chi connectivity index (χ2v) is 6.73. The fourth-order valence-electron chi connectivity index (χ4n) is 1.58. The lowest BCUT2D eigenvalue weighted by Crippen LogP contribution is -2.20. The molecule has 0 aliphatic heterocycles. The van der Waals surface area contributed by atoms with E-state index in [2.05, 4.69) is 21.2 Å². The Morgan fingerprint density at radius 3 is 2.27 bits per heavy atom. The van der Waals surface area contributed by atoms with Crippen molar-refractivity contribution in [1.82, 2.24) is 0 Å². The Hall–Kier alpha value is -0.650. The van der Waals surface area contributed by atoms with Gasteiger partial charge in [-0.1, -0.05) is 62.3 Å². The maximum absolute atomic E-state index is 11.9. The van der Waals surface area contributed by atoms with Gasteiger partial charge >= 0.3 is 0 Å². The minimum Gasteiger partial charge on any atom is -0.481 e. The minimum atomic E-state index is -0.397. The summed E-state index contributed by atoms with van der Waals surface area (Å²) in [5.74, 6) is -0.198. The van der Waals surface area contributed by atoms with Gasteiger partial charge in [-0.05, 0) is 30.3 Å². The normalized spacial score (nSPS) is 10.4. The summed E-state index contributed by atoms with van der Waals surface area (Å²) >= 11 is 27.0. The lowest BCUT2D eigenvalue weighted by Gasteiger charge is -2.11. The fraction of sp³-hybridized carbons (Fsp3) is 0.0714. The van der Waals surface area contributed by atoms with E-state index in [1.165, 1.54) is 12.1 Å². The zero-order valence-corrected chi connectivity index (χ0v) is 15.4. The highest BCUT2D eigenvalue weighted by atomic mass is 79.9. The Balaban J connectivity index is 2.02. The summed E-state index contributed by atoms with van der Waals surface area (Å²) in [6.07, 6.45) is 0. The zero-order chi connectivity index (χ0) is 16.3. The molecule has 22 heavy (non-hydrogen) atoms. The molecule has 0 aliphatic rings. The van der Waals surface area contributed by atoms with Crippen LogP contribution in [0.2, 0.25) is 20.1 Å². The summed E-state index contributed by atoms with van der Waals surface area (Å²) in [5.41, 5.74) is 0.478. The predicted molar refractivity (Wildman–Crippen MR) is 94.7 cm³/mol. The fourth-order valence-corrected chi connectivity index (χ4v) is 3.23. The molecule has 0 aliphatic carbocycles. The maximum atomic E-state index is 11.9. The SMILES string of the molecule is O=C(COc1c(Cl)cc(Cl)cc1Cl)Nc1ccc(Br)cc1Cl. The average Bonchev–Trinajstić information content (AvgIpc) is 2.40. The van der Waals surface area contributed by atoms with Crippen molar-refractivity contribution in [3.63, 3.8) is 0 Å². The van der Waals surface area contributed by atoms with Crippen LogP contribution in [-0.4, -0.2) is 12.5 Å². The van der Waals surface area contributed by atoms with Gasteiger partial charge in [-0.25, -0.2) is 0 Å². The molecular formula is C14H8BrCl4NO2. The van der Waals surface area contributed by atoms with Crippen LogP contribution in [0.15, 0.2) is 34.8 Å². The van der Waals surface area contributed by atoms with Crippen LogP contribution in [0.25, 0.3) is 0 Å². The first-order valence-corrected chi connectivity index (χ1v) is 8.19. The van der Waals surface area contributed by atoms with Gasteiger partial charge in [-0.2, -0.15) is 0 Å². The molecule has 0 fully saturated rings. The number of benzene rings is 2. The number of carbonyl (C=O) groups excluding carboxylic acids is 1. The third-order valence-electron chi connectivity index (χ3n) is 2.52. The molecule has 2 aromatic carbocycles. The van der Waals surface area contributed by atoms with E-state index in [-0.39, 0.29) is 22.4 Å². The maximum Gasteiger partial charge on any atom is 0.262 e. The molecule has 0 radical (unpaired) electrons. The van der Waals surface area contributed by atoms with E-state index in [0.29, 0.717) is 15.7 Å². The molecule has 3 nitrogen and oxygen atoms in total. The number of carbonyl (C=O) groups is 1. The summed E-state index contributed by atoms with van der Waals surface area (Å²) in [6, 6.07) is 8.06. The summed E-state index contributed by atoms with van der Waals surface area (Å²) in [4.78, 5) is 11.9. The Morgan fingerprint density at radius 1 is 1.05 bits per heavy atom. The summed E-state index contributed by atoms with van der Waals surface area (Å²) < 4.78 is 6.14. The molecule has 8 heteroatoms. The lowest BCUT2D eigenvalue weighted by molar-refractivity contribution is -0.118. The number of anilines is 1. The second kappa shape index (κ2) is 7.75. The van der Waals surface area contributed by atoms with Crippen molar-refractivity contribution < 1.29 is 9.53 Å². The number of amides is 1. The Labute approximate surface area is 155 Å². The smallest absolute Gasteiger partial charge is 0.262 e. The van der Waals surface area contributed by atoms with Crippen molar-refractivity contribution in [1.29, 1.82) is 0 Å². The van der Waals surface area contributed by atoms with Gasteiger partial charge in [0.25, 0.3) is 5.91 Å². The van der Waals surface area contributed by atoms with Gasteiger partial charge in [0.2, 0.25) is 0 Å². The van der Waals surface area contributed by atoms with E-state index in [1.807, 2.05) is 0 Å². The van der Waals surface area contributed by atoms with Crippen molar-refractivity contribution in [3.8, 4) is 5.75 Å². The van der Waals surface area contributed by atoms with E-state index in [1.54, 1.807) is 18.2 Å². The van der Waals surface area contributed by atoms with Crippen molar-refractivity contribution in [2.75, 3.05) is 11.9 Å². The van der Waals surface area contributed by atoms with Gasteiger partial charge in [0.05, 0.1) is 20.8 Å². The Morgan fingerprint density at radius 2 is 1.68 bits per heavy atom. The topological polar surface area (TPSA) is 38.3 Å². The van der Waals surface area contributed by atoms with E-state index >= 15 is 0 Å². The van der Waals surface area contributed by atoms with Crippen molar-refractivity contribution in [3.05, 3.63) is 54.9 Å². The molecule has 2 aromatic rings. The molecule has 0 spiro atoms. The number of halogens is 5. The van der Waals surface area contributed by atoms with Crippen LogP contribution in [0.1, 0.15) is 0 Å². The van der Waals surface area contributed by atoms with Crippen LogP contribution in [0.5, 0.6) is 5.75 Å². The predicted octanol–water partition coefficient (Wildman–Crippen LogP) is 6.08. The average molecular weight is 444 g/mol. The van der Waals surface area contributed by atoms with Crippen molar-refractivity contribution >= 4 is 73.9 Å². The zero-order valence-electron chi connectivity index (χ0n) is 10.8. The molecule has 1 N–H and O–H groups in total. The highest BCUT2D eigenvalue weighted by Gasteiger charge is 2.12. The van der Waals surface area contributed by atoms with E-state index in [9.17, 15) is 4.79 Å². The molecule has 0 saturated carbocycles. The molecule has 116 valence electrons. The van der Waals surface area contributed by atoms with Crippen LogP contribution in [0, 0.1) is 0 Å². The second-order valence-electron chi connectivity index (χ2n) is 4.16. The van der Waals surface area contributed by atoms with E-state index in [4.69, 9.17) is 51.1 Å². The number of rotatable bonds is 4. The summed E-state index contributed by atoms with van der Waals surface area (Å²) in [6.45, 7) is -0.270. The molecule has 0 bridgehead atoms. The number of hydrogen-bond acceptors (Lipinski definition) is 2. The largest absolute Gasteiger partial charge is 0.481 e. The van der Waals surface area contributed by atoms with Crippen molar-refractivity contribution in [2.24, 2.45) is 0 Å². The molecular weight excluding hydrogens is 436 g/mol. The summed E-state index contributed by atoms with van der Waals surface area (Å²) in [5, 5.41) is 3.88. The lowest BCUT2D eigenvalue weighted by atomic mass is 10.3. The van der Waals surface area contributed by atoms with Gasteiger partial charge < -0.3 is 10.1 Å². The minimum absolute atomic E-state index is 0.199. The van der Waals surface area contributed by atoms with E-state index < -0.39 is 5.91 Å². The first kappa shape index (κ1) is 17.7. The Bertz CT molecular complexity index is 701. The molecule has 0 unspecified atom stereocenters. The standard InChI is InChI=1S/C14H8BrCl4NO2/c15-7-1-2-12(9(17)3-7)20-13(21)6-22-14-10(18)4-8(16)5-11(14)19/h1-5H,6H2,(H,20,21). The number of ether oxygens (including phenoxy) is 1. The van der Waals surface area contributed by atoms with Gasteiger partial charge in [-0.3, -0.25) is 4.79 Å². The third-order valence-corrected chi connectivity index (χ3v) is 4.10. The van der Waals surface area contributed by atoms with Crippen LogP contribution in [-0.2, 0) is 4.79 Å². The van der Waals surface area contributed by atoms with Crippen LogP contribution >= 0.6 is 62.3 Å². The van der Waals surface area contributed by atoms with Crippen LogP contribution in [0.3, 0.4) is 0 Å². The molecule has 0 atom stereocenters. The van der Waals surface area contributed by atoms with Gasteiger partial charge in [0.1, 0.15) is 0 Å². The highest BCUT2D eigenvalue weighted by molar-refractivity contribution is 9.10. The van der Waals surface area contributed by atoms with Crippen molar-refractivity contribution in [2.45, 2.75) is 0 Å². The van der Waals surface area contributed by atoms with Crippen LogP contribution < -0.4 is 10.1 Å². The van der Waals surface area contributed by atoms with Crippen LogP contribution in [0.4, 0.5) is 5.69 Å². The van der Waals surface area contributed by atoms with E-state index in [0.717, 1.165) is 4.47 Å². The molecule has 1 amide bonds. The number of hydrogen-bond donors (Lipinski definition) is 1. The quantitative estimate of drug-likeness (QED) is 0.621. The molecule has 2 rings (SSSR count). The number of nitrogens with one attached hydrogen (secondary N) is 1. The third kappa shape index (κ3) is 4.67. The monoisotopic (exact) mass is 441 g/mol. The molecule has 0 saturated heterocycles. The Kier molecular flexibility index (Phi) is 6.24. The van der Waals surface area contributed by atoms with Gasteiger partial charge in [-0.15, -0.1) is 0 Å². The van der Waals surface area contributed by atoms with Gasteiger partial charge in [0.15, 0.2) is 12.4 Å². The first-order chi connectivity index (χ1) is 10.4. The highest BCUT2D eigenvalue weighted by Crippen LogP contribution is 2.35. The first-order valence-electron chi connectivity index (χ1n) is 5.89. The summed E-state index contributed by atoms with van der Waals surface area (Å²) in [7, 11) is 0. The molecule has 0 aromatic heterocycles.